The molecule has 0 atom stereocenters. The molecule has 1 amide bonds. The summed E-state index contributed by atoms with van der Waals surface area (Å²) in [5, 5.41) is 3.54. The van der Waals surface area contributed by atoms with Crippen LogP contribution in [0.2, 0.25) is 0 Å². The third-order valence-corrected chi connectivity index (χ3v) is 5.10. The largest absolute Gasteiger partial charge is 0.452 e. The predicted molar refractivity (Wildman–Crippen MR) is 109 cm³/mol. The summed E-state index contributed by atoms with van der Waals surface area (Å²) in [4.78, 5) is 29.7. The third kappa shape index (κ3) is 3.60. The second-order valence-corrected chi connectivity index (χ2v) is 6.96. The van der Waals surface area contributed by atoms with Gasteiger partial charge in [0.1, 0.15) is 0 Å². The average Bonchev–Trinajstić information content (AvgIpc) is 3.18. The van der Waals surface area contributed by atoms with Crippen molar-refractivity contribution in [1.82, 2.24) is 4.98 Å². The van der Waals surface area contributed by atoms with Crippen molar-refractivity contribution < 1.29 is 14.3 Å². The molecule has 1 aromatic heterocycles. The second kappa shape index (κ2) is 7.80. The van der Waals surface area contributed by atoms with Gasteiger partial charge in [0.25, 0.3) is 5.91 Å². The van der Waals surface area contributed by atoms with Gasteiger partial charge >= 0.3 is 5.97 Å². The summed E-state index contributed by atoms with van der Waals surface area (Å²) in [6, 6.07) is 15.2. The number of para-hydroxylation sites is 1. The van der Waals surface area contributed by atoms with Crippen LogP contribution in [0.3, 0.4) is 0 Å². The molecule has 0 spiro atoms. The van der Waals surface area contributed by atoms with E-state index in [2.05, 4.69) is 17.2 Å². The van der Waals surface area contributed by atoms with Crippen LogP contribution in [0.15, 0.2) is 48.5 Å². The van der Waals surface area contributed by atoms with Gasteiger partial charge in [-0.25, -0.2) is 4.79 Å². The molecule has 2 aromatic carbocycles. The summed E-state index contributed by atoms with van der Waals surface area (Å²) < 4.78 is 5.36. The van der Waals surface area contributed by atoms with Gasteiger partial charge < -0.3 is 10.1 Å². The lowest BCUT2D eigenvalue weighted by Gasteiger charge is -2.12. The maximum atomic E-state index is 12.8. The van der Waals surface area contributed by atoms with E-state index in [-0.39, 0.29) is 12.5 Å². The lowest BCUT2D eigenvalue weighted by Crippen LogP contribution is -2.21. The molecule has 0 radical (unpaired) electrons. The minimum atomic E-state index is -0.465. The number of anilines is 1. The summed E-state index contributed by atoms with van der Waals surface area (Å²) in [5.74, 6) is -0.819. The lowest BCUT2D eigenvalue weighted by molar-refractivity contribution is -0.119. The Labute approximate surface area is 163 Å². The fourth-order valence-electron chi connectivity index (χ4n) is 3.67. The predicted octanol–water partition coefficient (Wildman–Crippen LogP) is 4.08. The SMILES string of the molecule is CCc1ccc(NC(=O)COC(=O)c2c3c(nc4ccccc24)CCC3)cc1. The molecule has 0 unspecified atom stereocenters. The molecule has 1 aliphatic carbocycles. The van der Waals surface area contributed by atoms with Crippen LogP contribution < -0.4 is 5.32 Å². The van der Waals surface area contributed by atoms with E-state index in [1.54, 1.807) is 0 Å². The Hall–Kier alpha value is -3.21. The highest BCUT2D eigenvalue weighted by Gasteiger charge is 2.25. The number of amides is 1. The van der Waals surface area contributed by atoms with Crippen LogP contribution in [0, 0.1) is 0 Å². The molecule has 28 heavy (non-hydrogen) atoms. The number of pyridine rings is 1. The number of hydrogen-bond acceptors (Lipinski definition) is 4. The molecule has 0 saturated carbocycles. The second-order valence-electron chi connectivity index (χ2n) is 6.96. The molecular weight excluding hydrogens is 352 g/mol. The van der Waals surface area contributed by atoms with Crippen molar-refractivity contribution in [2.75, 3.05) is 11.9 Å². The average molecular weight is 374 g/mol. The minimum Gasteiger partial charge on any atom is -0.452 e. The molecule has 0 bridgehead atoms. The first-order valence-corrected chi connectivity index (χ1v) is 9.62. The van der Waals surface area contributed by atoms with Crippen LogP contribution in [0.25, 0.3) is 10.9 Å². The molecule has 5 nitrogen and oxygen atoms in total. The molecule has 0 aliphatic heterocycles. The summed E-state index contributed by atoms with van der Waals surface area (Å²) in [5.41, 5.74) is 5.15. The van der Waals surface area contributed by atoms with Gasteiger partial charge in [0.15, 0.2) is 6.61 Å². The zero-order valence-corrected chi connectivity index (χ0v) is 15.8. The fourth-order valence-corrected chi connectivity index (χ4v) is 3.67. The maximum absolute atomic E-state index is 12.8. The number of fused-ring (bicyclic) bond motifs is 2. The number of carbonyl (C=O) groups excluding carboxylic acids is 2. The van der Waals surface area contributed by atoms with Crippen molar-refractivity contribution in [3.05, 3.63) is 70.9 Å². The number of carbonyl (C=O) groups is 2. The number of benzene rings is 2. The van der Waals surface area contributed by atoms with Gasteiger partial charge in [-0.15, -0.1) is 0 Å². The Morgan fingerprint density at radius 1 is 1.07 bits per heavy atom. The van der Waals surface area contributed by atoms with Crippen molar-refractivity contribution in [1.29, 1.82) is 0 Å². The zero-order valence-electron chi connectivity index (χ0n) is 15.8. The number of nitrogens with one attached hydrogen (secondary N) is 1. The van der Waals surface area contributed by atoms with Gasteiger partial charge in [-0.05, 0) is 55.0 Å². The highest BCUT2D eigenvalue weighted by atomic mass is 16.5. The van der Waals surface area contributed by atoms with Crippen LogP contribution in [-0.2, 0) is 28.8 Å². The number of aryl methyl sites for hydroxylation is 2. The molecule has 0 fully saturated rings. The van der Waals surface area contributed by atoms with Gasteiger partial charge in [0, 0.05) is 16.8 Å². The summed E-state index contributed by atoms with van der Waals surface area (Å²) in [6.45, 7) is 1.76. The van der Waals surface area contributed by atoms with E-state index in [4.69, 9.17) is 4.74 Å². The van der Waals surface area contributed by atoms with Crippen molar-refractivity contribution in [2.45, 2.75) is 32.6 Å². The molecule has 0 saturated heterocycles. The monoisotopic (exact) mass is 374 g/mol. The van der Waals surface area contributed by atoms with E-state index in [0.717, 1.165) is 47.8 Å². The zero-order chi connectivity index (χ0) is 19.5. The molecule has 1 aliphatic rings. The van der Waals surface area contributed by atoms with E-state index < -0.39 is 5.97 Å². The molecule has 142 valence electrons. The first-order valence-electron chi connectivity index (χ1n) is 9.62. The van der Waals surface area contributed by atoms with Crippen molar-refractivity contribution >= 4 is 28.5 Å². The Morgan fingerprint density at radius 3 is 2.64 bits per heavy atom. The minimum absolute atomic E-state index is 0.320. The summed E-state index contributed by atoms with van der Waals surface area (Å²) in [6.07, 6.45) is 3.60. The standard InChI is InChI=1S/C23H22N2O3/c1-2-15-10-12-16(13-11-15)24-21(26)14-28-23(27)22-17-6-3-4-8-19(17)25-20-9-5-7-18(20)22/h3-4,6,8,10-13H,2,5,7,9,14H2,1H3,(H,24,26). The van der Waals surface area contributed by atoms with E-state index >= 15 is 0 Å². The van der Waals surface area contributed by atoms with E-state index in [9.17, 15) is 9.59 Å². The van der Waals surface area contributed by atoms with Crippen molar-refractivity contribution in [3.63, 3.8) is 0 Å². The van der Waals surface area contributed by atoms with Crippen molar-refractivity contribution in [3.8, 4) is 0 Å². The van der Waals surface area contributed by atoms with E-state index in [0.29, 0.717) is 11.3 Å². The van der Waals surface area contributed by atoms with Gasteiger partial charge in [-0.3, -0.25) is 9.78 Å². The normalized spacial score (nSPS) is 12.6. The molecule has 1 heterocycles. The third-order valence-electron chi connectivity index (χ3n) is 5.10. The number of esters is 1. The highest BCUT2D eigenvalue weighted by molar-refractivity contribution is 6.06. The first-order chi connectivity index (χ1) is 13.7. The summed E-state index contributed by atoms with van der Waals surface area (Å²) >= 11 is 0. The van der Waals surface area contributed by atoms with Crippen molar-refractivity contribution in [2.24, 2.45) is 0 Å². The number of rotatable bonds is 5. The topological polar surface area (TPSA) is 68.3 Å². The van der Waals surface area contributed by atoms with Gasteiger partial charge in [0.2, 0.25) is 0 Å². The van der Waals surface area contributed by atoms with E-state index in [1.807, 2.05) is 48.5 Å². The number of hydrogen-bond donors (Lipinski definition) is 1. The quantitative estimate of drug-likeness (QED) is 0.683. The maximum Gasteiger partial charge on any atom is 0.339 e. The number of ether oxygens (including phenoxy) is 1. The molecule has 1 N–H and O–H groups in total. The van der Waals surface area contributed by atoms with Crippen LogP contribution in [-0.4, -0.2) is 23.5 Å². The highest BCUT2D eigenvalue weighted by Crippen LogP contribution is 2.30. The Balaban J connectivity index is 1.49. The van der Waals surface area contributed by atoms with Gasteiger partial charge in [0.05, 0.1) is 11.1 Å². The Bertz CT molecular complexity index is 1040. The number of nitrogens with zero attached hydrogens (tertiary/aromatic N) is 1. The molecular formula is C23H22N2O3. The molecule has 3 aromatic rings. The Morgan fingerprint density at radius 2 is 1.86 bits per heavy atom. The van der Waals surface area contributed by atoms with Crippen LogP contribution in [0.4, 0.5) is 5.69 Å². The van der Waals surface area contributed by atoms with E-state index in [1.165, 1.54) is 5.56 Å². The van der Waals surface area contributed by atoms with Crippen LogP contribution in [0.5, 0.6) is 0 Å². The smallest absolute Gasteiger partial charge is 0.339 e. The number of aromatic nitrogens is 1. The first kappa shape index (κ1) is 18.2. The summed E-state index contributed by atoms with van der Waals surface area (Å²) in [7, 11) is 0. The van der Waals surface area contributed by atoms with Gasteiger partial charge in [-0.2, -0.15) is 0 Å². The van der Waals surface area contributed by atoms with Gasteiger partial charge in [-0.1, -0.05) is 37.3 Å². The lowest BCUT2D eigenvalue weighted by atomic mass is 10.0. The Kier molecular flexibility index (Phi) is 5.06. The molecule has 5 heteroatoms. The molecule has 4 rings (SSSR count). The van der Waals surface area contributed by atoms with Crippen LogP contribution >= 0.6 is 0 Å². The van der Waals surface area contributed by atoms with Crippen LogP contribution in [0.1, 0.15) is 40.5 Å². The fraction of sp³-hybridized carbons (Fsp3) is 0.261.